The van der Waals surface area contributed by atoms with Crippen molar-refractivity contribution >= 4 is 17.2 Å². The Hall–Kier alpha value is -0.940. The number of hydrogen-bond donors (Lipinski definition) is 2. The van der Waals surface area contributed by atoms with Crippen LogP contribution in [0.15, 0.2) is 5.51 Å². The van der Waals surface area contributed by atoms with Gasteiger partial charge in [-0.2, -0.15) is 0 Å². The van der Waals surface area contributed by atoms with Gasteiger partial charge in [-0.05, 0) is 31.1 Å². The Balaban J connectivity index is 2.00. The smallest absolute Gasteiger partial charge is 0.223 e. The van der Waals surface area contributed by atoms with Crippen LogP contribution in [0.25, 0.3) is 0 Å². The van der Waals surface area contributed by atoms with Crippen LogP contribution >= 0.6 is 11.3 Å². The van der Waals surface area contributed by atoms with Gasteiger partial charge < -0.3 is 11.1 Å². The zero-order chi connectivity index (χ0) is 14.9. The van der Waals surface area contributed by atoms with E-state index in [1.54, 1.807) is 11.3 Å². The predicted octanol–water partition coefficient (Wildman–Crippen LogP) is 2.47. The second-order valence-electron chi connectivity index (χ2n) is 6.48. The summed E-state index contributed by atoms with van der Waals surface area (Å²) in [7, 11) is 0. The number of rotatable bonds is 3. The maximum Gasteiger partial charge on any atom is 0.223 e. The number of carbonyl (C=O) groups excluding carboxylic acids is 1. The number of thiazole rings is 1. The molecule has 1 saturated carbocycles. The molecule has 0 bridgehead atoms. The van der Waals surface area contributed by atoms with Crippen molar-refractivity contribution in [1.29, 1.82) is 0 Å². The van der Waals surface area contributed by atoms with Crippen molar-refractivity contribution < 1.29 is 4.79 Å². The molecule has 3 atom stereocenters. The molecule has 1 heterocycles. The third kappa shape index (κ3) is 2.88. The highest BCUT2D eigenvalue weighted by atomic mass is 32.1. The van der Waals surface area contributed by atoms with Gasteiger partial charge in [0, 0.05) is 16.8 Å². The van der Waals surface area contributed by atoms with Gasteiger partial charge in [-0.15, -0.1) is 11.3 Å². The van der Waals surface area contributed by atoms with Crippen LogP contribution in [0.2, 0.25) is 0 Å². The fraction of sp³-hybridized carbons (Fsp3) is 0.733. The van der Waals surface area contributed by atoms with Crippen molar-refractivity contribution in [3.8, 4) is 0 Å². The second kappa shape index (κ2) is 5.82. The summed E-state index contributed by atoms with van der Waals surface area (Å²) in [5.41, 5.74) is 8.93. The van der Waals surface area contributed by atoms with Gasteiger partial charge >= 0.3 is 0 Å². The number of carbonyl (C=O) groups is 1. The predicted molar refractivity (Wildman–Crippen MR) is 82.3 cm³/mol. The number of nitrogens with two attached hydrogens (primary N) is 1. The zero-order valence-corrected chi connectivity index (χ0v) is 13.6. The molecule has 5 heteroatoms. The molecule has 3 N–H and O–H groups in total. The maximum absolute atomic E-state index is 12.5. The minimum absolute atomic E-state index is 0.0468. The third-order valence-corrected chi connectivity index (χ3v) is 6.02. The first-order chi connectivity index (χ1) is 9.34. The number of nitrogens with zero attached hydrogens (tertiary/aromatic N) is 1. The van der Waals surface area contributed by atoms with Crippen LogP contribution in [0.3, 0.4) is 0 Å². The lowest BCUT2D eigenvalue weighted by molar-refractivity contribution is -0.132. The van der Waals surface area contributed by atoms with E-state index in [0.717, 1.165) is 23.4 Å². The molecule has 0 aromatic carbocycles. The highest BCUT2D eigenvalue weighted by Gasteiger charge is 2.44. The number of aromatic nitrogens is 1. The van der Waals surface area contributed by atoms with Crippen LogP contribution in [-0.2, 0) is 11.3 Å². The SMILES string of the molecule is Cc1ncsc1CNC(=O)C1CCC(N)C(C)C1(C)C. The Morgan fingerprint density at radius 1 is 1.55 bits per heavy atom. The summed E-state index contributed by atoms with van der Waals surface area (Å²) in [6.07, 6.45) is 1.81. The molecule has 1 aliphatic carbocycles. The monoisotopic (exact) mass is 295 g/mol. The zero-order valence-electron chi connectivity index (χ0n) is 12.8. The molecule has 1 aromatic heterocycles. The van der Waals surface area contributed by atoms with Crippen molar-refractivity contribution in [2.45, 2.75) is 53.1 Å². The van der Waals surface area contributed by atoms with Crippen LogP contribution in [0.5, 0.6) is 0 Å². The van der Waals surface area contributed by atoms with Gasteiger partial charge in [0.1, 0.15) is 0 Å². The van der Waals surface area contributed by atoms with E-state index in [0.29, 0.717) is 12.5 Å². The van der Waals surface area contributed by atoms with Crippen molar-refractivity contribution in [3.05, 3.63) is 16.1 Å². The molecular weight excluding hydrogens is 270 g/mol. The lowest BCUT2D eigenvalue weighted by atomic mass is 9.61. The van der Waals surface area contributed by atoms with E-state index in [1.807, 2.05) is 12.4 Å². The minimum Gasteiger partial charge on any atom is -0.351 e. The number of amides is 1. The van der Waals surface area contributed by atoms with Gasteiger partial charge in [-0.25, -0.2) is 4.98 Å². The molecule has 112 valence electrons. The number of aryl methyl sites for hydroxylation is 1. The lowest BCUT2D eigenvalue weighted by Gasteiger charge is -2.46. The normalized spacial score (nSPS) is 29.1. The Morgan fingerprint density at radius 2 is 2.25 bits per heavy atom. The maximum atomic E-state index is 12.5. The highest BCUT2D eigenvalue weighted by Crippen LogP contribution is 2.44. The van der Waals surface area contributed by atoms with Crippen LogP contribution in [0.4, 0.5) is 0 Å². The standard InChI is InChI=1S/C15H25N3OS/c1-9-12(16)6-5-11(15(9,3)4)14(19)17-7-13-10(2)18-8-20-13/h8-9,11-12H,5-7,16H2,1-4H3,(H,17,19). The summed E-state index contributed by atoms with van der Waals surface area (Å²) >= 11 is 1.59. The van der Waals surface area contributed by atoms with Crippen molar-refractivity contribution in [2.24, 2.45) is 23.0 Å². The van der Waals surface area contributed by atoms with E-state index in [2.05, 4.69) is 31.1 Å². The molecule has 20 heavy (non-hydrogen) atoms. The largest absolute Gasteiger partial charge is 0.351 e. The molecule has 1 fully saturated rings. The van der Waals surface area contributed by atoms with Crippen molar-refractivity contribution in [2.75, 3.05) is 0 Å². The number of hydrogen-bond acceptors (Lipinski definition) is 4. The summed E-state index contributed by atoms with van der Waals surface area (Å²) in [6.45, 7) is 9.06. The van der Waals surface area contributed by atoms with Crippen LogP contribution in [0, 0.1) is 24.2 Å². The van der Waals surface area contributed by atoms with Gasteiger partial charge in [0.25, 0.3) is 0 Å². The van der Waals surface area contributed by atoms with Crippen LogP contribution in [-0.4, -0.2) is 16.9 Å². The first-order valence-electron chi connectivity index (χ1n) is 7.26. The van der Waals surface area contributed by atoms with E-state index in [4.69, 9.17) is 5.73 Å². The molecule has 1 amide bonds. The molecule has 0 saturated heterocycles. The fourth-order valence-electron chi connectivity index (χ4n) is 3.11. The topological polar surface area (TPSA) is 68.0 Å². The third-order valence-electron chi connectivity index (χ3n) is 5.09. The Bertz CT molecular complexity index is 483. The quantitative estimate of drug-likeness (QED) is 0.900. The first kappa shape index (κ1) is 15.4. The molecule has 1 aromatic rings. The van der Waals surface area contributed by atoms with E-state index >= 15 is 0 Å². The van der Waals surface area contributed by atoms with E-state index in [-0.39, 0.29) is 23.3 Å². The summed E-state index contributed by atoms with van der Waals surface area (Å²) < 4.78 is 0. The Kier molecular flexibility index (Phi) is 4.49. The van der Waals surface area contributed by atoms with E-state index in [9.17, 15) is 4.79 Å². The van der Waals surface area contributed by atoms with Gasteiger partial charge in [-0.1, -0.05) is 20.8 Å². The molecule has 4 nitrogen and oxygen atoms in total. The van der Waals surface area contributed by atoms with E-state index in [1.165, 1.54) is 0 Å². The van der Waals surface area contributed by atoms with Gasteiger partial charge in [0.15, 0.2) is 0 Å². The highest BCUT2D eigenvalue weighted by molar-refractivity contribution is 7.09. The Morgan fingerprint density at radius 3 is 2.85 bits per heavy atom. The average Bonchev–Trinajstić information content (AvgIpc) is 2.79. The van der Waals surface area contributed by atoms with E-state index < -0.39 is 0 Å². The minimum atomic E-state index is -0.0511. The Labute approximate surface area is 125 Å². The van der Waals surface area contributed by atoms with Crippen molar-refractivity contribution in [1.82, 2.24) is 10.3 Å². The lowest BCUT2D eigenvalue weighted by Crippen LogP contribution is -2.51. The van der Waals surface area contributed by atoms with Crippen molar-refractivity contribution in [3.63, 3.8) is 0 Å². The van der Waals surface area contributed by atoms with Gasteiger partial charge in [0.05, 0.1) is 17.7 Å². The summed E-state index contributed by atoms with van der Waals surface area (Å²) in [4.78, 5) is 17.8. The molecule has 0 aliphatic heterocycles. The average molecular weight is 295 g/mol. The summed E-state index contributed by atoms with van der Waals surface area (Å²) in [5, 5.41) is 3.08. The fourth-order valence-corrected chi connectivity index (χ4v) is 3.82. The molecule has 2 rings (SSSR count). The number of nitrogens with one attached hydrogen (secondary N) is 1. The van der Waals surface area contributed by atoms with Crippen LogP contribution in [0.1, 0.15) is 44.2 Å². The molecule has 0 spiro atoms. The second-order valence-corrected chi connectivity index (χ2v) is 7.42. The molecular formula is C15H25N3OS. The van der Waals surface area contributed by atoms with Gasteiger partial charge in [0.2, 0.25) is 5.91 Å². The van der Waals surface area contributed by atoms with Gasteiger partial charge in [-0.3, -0.25) is 4.79 Å². The van der Waals surface area contributed by atoms with Crippen LogP contribution < -0.4 is 11.1 Å². The summed E-state index contributed by atoms with van der Waals surface area (Å²) in [6, 6.07) is 0.206. The molecule has 1 aliphatic rings. The summed E-state index contributed by atoms with van der Waals surface area (Å²) in [5.74, 6) is 0.559. The first-order valence-corrected chi connectivity index (χ1v) is 8.14. The molecule has 0 radical (unpaired) electrons. The molecule has 3 unspecified atom stereocenters.